The van der Waals surface area contributed by atoms with Crippen LogP contribution in [0.15, 0.2) is 23.8 Å². The van der Waals surface area contributed by atoms with Crippen molar-refractivity contribution in [2.75, 3.05) is 6.61 Å². The van der Waals surface area contributed by atoms with Gasteiger partial charge in [0.25, 0.3) is 0 Å². The van der Waals surface area contributed by atoms with Crippen molar-refractivity contribution in [1.82, 2.24) is 0 Å². The van der Waals surface area contributed by atoms with Gasteiger partial charge in [-0.15, -0.1) is 0 Å². The number of aldehydes is 1. The van der Waals surface area contributed by atoms with Gasteiger partial charge in [-0.05, 0) is 36.6 Å². The van der Waals surface area contributed by atoms with Crippen LogP contribution in [0, 0.1) is 13.8 Å². The lowest BCUT2D eigenvalue weighted by atomic mass is 9.94. The second kappa shape index (κ2) is 9.03. The lowest BCUT2D eigenvalue weighted by Crippen LogP contribution is -2.50. The van der Waals surface area contributed by atoms with Gasteiger partial charge in [0.2, 0.25) is 0 Å². The van der Waals surface area contributed by atoms with Crippen molar-refractivity contribution in [3.05, 3.63) is 40.5 Å². The SMILES string of the molecule is Cc1ccc(C=C(C=O)C(O)[C@H](O)[C@@H](O)[C@H](O)[C@H](O)CO)cc1C. The van der Waals surface area contributed by atoms with Crippen LogP contribution in [0.25, 0.3) is 6.08 Å². The molecule has 0 aliphatic carbocycles. The monoisotopic (exact) mass is 340 g/mol. The molecular weight excluding hydrogens is 316 g/mol. The zero-order valence-corrected chi connectivity index (χ0v) is 13.6. The number of benzene rings is 1. The van der Waals surface area contributed by atoms with E-state index in [-0.39, 0.29) is 5.57 Å². The lowest BCUT2D eigenvalue weighted by molar-refractivity contribution is -0.135. The molecule has 0 aromatic heterocycles. The zero-order valence-electron chi connectivity index (χ0n) is 13.6. The van der Waals surface area contributed by atoms with E-state index >= 15 is 0 Å². The van der Waals surface area contributed by atoms with Gasteiger partial charge < -0.3 is 30.6 Å². The highest BCUT2D eigenvalue weighted by Gasteiger charge is 2.35. The molecule has 5 atom stereocenters. The molecule has 0 bridgehead atoms. The zero-order chi connectivity index (χ0) is 18.4. The number of hydrogen-bond acceptors (Lipinski definition) is 7. The van der Waals surface area contributed by atoms with Crippen molar-refractivity contribution in [2.45, 2.75) is 44.4 Å². The Bertz CT molecular complexity index is 584. The molecule has 0 spiro atoms. The summed E-state index contributed by atoms with van der Waals surface area (Å²) < 4.78 is 0. The molecule has 6 N–H and O–H groups in total. The Morgan fingerprint density at radius 2 is 1.62 bits per heavy atom. The van der Waals surface area contributed by atoms with E-state index < -0.39 is 37.1 Å². The summed E-state index contributed by atoms with van der Waals surface area (Å²) >= 11 is 0. The first kappa shape index (κ1) is 20.4. The number of aliphatic hydroxyl groups is 6. The summed E-state index contributed by atoms with van der Waals surface area (Å²) in [6, 6.07) is 5.35. The second-order valence-electron chi connectivity index (χ2n) is 5.77. The van der Waals surface area contributed by atoms with Crippen molar-refractivity contribution in [2.24, 2.45) is 0 Å². The molecule has 24 heavy (non-hydrogen) atoms. The number of rotatable bonds is 8. The van der Waals surface area contributed by atoms with E-state index in [1.165, 1.54) is 6.08 Å². The van der Waals surface area contributed by atoms with E-state index in [4.69, 9.17) is 5.11 Å². The van der Waals surface area contributed by atoms with Gasteiger partial charge in [0.05, 0.1) is 6.61 Å². The van der Waals surface area contributed by atoms with Crippen LogP contribution < -0.4 is 0 Å². The number of hydrogen-bond donors (Lipinski definition) is 6. The molecule has 0 saturated carbocycles. The first-order chi connectivity index (χ1) is 11.2. The summed E-state index contributed by atoms with van der Waals surface area (Å²) in [5.41, 5.74) is 2.45. The van der Waals surface area contributed by atoms with Gasteiger partial charge in [-0.25, -0.2) is 0 Å². The molecule has 0 aliphatic heterocycles. The fourth-order valence-electron chi connectivity index (χ4n) is 2.16. The highest BCUT2D eigenvalue weighted by molar-refractivity contribution is 5.83. The number of carbonyl (C=O) groups is 1. The number of carbonyl (C=O) groups excluding carboxylic acids is 1. The predicted molar refractivity (Wildman–Crippen MR) is 87.1 cm³/mol. The van der Waals surface area contributed by atoms with Crippen LogP contribution in [-0.4, -0.2) is 74.1 Å². The quantitative estimate of drug-likeness (QED) is 0.255. The molecule has 0 aliphatic rings. The van der Waals surface area contributed by atoms with Crippen LogP contribution in [0.5, 0.6) is 0 Å². The van der Waals surface area contributed by atoms with Crippen LogP contribution in [0.4, 0.5) is 0 Å². The average Bonchev–Trinajstić information content (AvgIpc) is 2.59. The highest BCUT2D eigenvalue weighted by Crippen LogP contribution is 2.18. The molecule has 0 radical (unpaired) electrons. The average molecular weight is 340 g/mol. The van der Waals surface area contributed by atoms with Crippen LogP contribution >= 0.6 is 0 Å². The van der Waals surface area contributed by atoms with Crippen molar-refractivity contribution >= 4 is 12.4 Å². The van der Waals surface area contributed by atoms with Crippen LogP contribution in [-0.2, 0) is 4.79 Å². The maximum absolute atomic E-state index is 11.2. The van der Waals surface area contributed by atoms with Gasteiger partial charge in [0.1, 0.15) is 36.8 Å². The molecule has 1 unspecified atom stereocenters. The Labute approximate surface area is 140 Å². The minimum atomic E-state index is -1.95. The van der Waals surface area contributed by atoms with E-state index in [1.807, 2.05) is 19.9 Å². The fraction of sp³-hybridized carbons (Fsp3) is 0.471. The van der Waals surface area contributed by atoms with E-state index in [2.05, 4.69) is 0 Å². The number of aryl methyl sites for hydroxylation is 2. The van der Waals surface area contributed by atoms with Crippen LogP contribution in [0.2, 0.25) is 0 Å². The van der Waals surface area contributed by atoms with Crippen LogP contribution in [0.3, 0.4) is 0 Å². The highest BCUT2D eigenvalue weighted by atomic mass is 16.4. The molecule has 0 saturated heterocycles. The van der Waals surface area contributed by atoms with E-state index in [0.717, 1.165) is 11.1 Å². The summed E-state index contributed by atoms with van der Waals surface area (Å²) in [6.45, 7) is 2.97. The van der Waals surface area contributed by atoms with Crippen molar-refractivity contribution in [1.29, 1.82) is 0 Å². The minimum Gasteiger partial charge on any atom is -0.394 e. The Hall–Kier alpha value is -1.61. The van der Waals surface area contributed by atoms with Crippen molar-refractivity contribution in [3.63, 3.8) is 0 Å². The second-order valence-corrected chi connectivity index (χ2v) is 5.77. The normalized spacial score (nSPS) is 18.6. The first-order valence-electron chi connectivity index (χ1n) is 7.48. The predicted octanol–water partition coefficient (Wildman–Crippen LogP) is -1.32. The summed E-state index contributed by atoms with van der Waals surface area (Å²) in [4.78, 5) is 11.2. The smallest absolute Gasteiger partial charge is 0.148 e. The molecule has 0 fully saturated rings. The molecule has 7 nitrogen and oxygen atoms in total. The molecule has 1 aromatic rings. The third kappa shape index (κ3) is 4.94. The maximum Gasteiger partial charge on any atom is 0.148 e. The summed E-state index contributed by atoms with van der Waals surface area (Å²) in [5, 5.41) is 57.4. The standard InChI is InChI=1S/C17H24O7/c1-9-3-4-11(5-10(9)2)6-12(7-18)14(21)16(23)17(24)15(22)13(20)8-19/h3-7,13-17,19-24H,8H2,1-2H3/t13-,14?,15-,16+,17+/m1/s1. The first-order valence-corrected chi connectivity index (χ1v) is 7.48. The number of aliphatic hydroxyl groups excluding tert-OH is 6. The summed E-state index contributed by atoms with van der Waals surface area (Å²) in [6.07, 6.45) is -7.53. The topological polar surface area (TPSA) is 138 Å². The molecule has 1 aromatic carbocycles. The van der Waals surface area contributed by atoms with Gasteiger partial charge in [-0.2, -0.15) is 0 Å². The van der Waals surface area contributed by atoms with E-state index in [0.29, 0.717) is 11.8 Å². The summed E-state index contributed by atoms with van der Waals surface area (Å²) in [7, 11) is 0. The Morgan fingerprint density at radius 3 is 2.12 bits per heavy atom. The van der Waals surface area contributed by atoms with Crippen molar-refractivity contribution in [3.8, 4) is 0 Å². The molecule has 0 amide bonds. The van der Waals surface area contributed by atoms with Crippen molar-refractivity contribution < 1.29 is 35.4 Å². The Balaban J connectivity index is 2.99. The Morgan fingerprint density at radius 1 is 1.00 bits per heavy atom. The minimum absolute atomic E-state index is 0.199. The molecule has 0 heterocycles. The lowest BCUT2D eigenvalue weighted by Gasteiger charge is -2.28. The van der Waals surface area contributed by atoms with Gasteiger partial charge in [-0.1, -0.05) is 18.2 Å². The van der Waals surface area contributed by atoms with E-state index in [1.54, 1.807) is 12.1 Å². The van der Waals surface area contributed by atoms with Gasteiger partial charge >= 0.3 is 0 Å². The van der Waals surface area contributed by atoms with Crippen LogP contribution in [0.1, 0.15) is 16.7 Å². The third-order valence-corrected chi connectivity index (χ3v) is 3.95. The van der Waals surface area contributed by atoms with Gasteiger partial charge in [0, 0.05) is 5.57 Å². The Kier molecular flexibility index (Phi) is 7.68. The molecule has 7 heteroatoms. The maximum atomic E-state index is 11.2. The summed E-state index contributed by atoms with van der Waals surface area (Å²) in [5.74, 6) is 0. The fourth-order valence-corrected chi connectivity index (χ4v) is 2.16. The molecule has 134 valence electrons. The largest absolute Gasteiger partial charge is 0.394 e. The molecule has 1 rings (SSSR count). The van der Waals surface area contributed by atoms with Gasteiger partial charge in [-0.3, -0.25) is 4.79 Å². The molecular formula is C17H24O7. The van der Waals surface area contributed by atoms with Gasteiger partial charge in [0.15, 0.2) is 0 Å². The van der Waals surface area contributed by atoms with E-state index in [9.17, 15) is 30.3 Å². The third-order valence-electron chi connectivity index (χ3n) is 3.95.